The van der Waals surface area contributed by atoms with E-state index in [1.54, 1.807) is 0 Å². The van der Waals surface area contributed by atoms with Gasteiger partial charge in [0.25, 0.3) is 0 Å². The van der Waals surface area contributed by atoms with Crippen molar-refractivity contribution >= 4 is 11.8 Å². The van der Waals surface area contributed by atoms with Crippen molar-refractivity contribution in [2.75, 3.05) is 24.7 Å². The van der Waals surface area contributed by atoms with E-state index in [1.165, 1.54) is 35.5 Å². The van der Waals surface area contributed by atoms with Crippen molar-refractivity contribution in [1.82, 2.24) is 5.32 Å². The monoisotopic (exact) mass is 333 g/mol. The van der Waals surface area contributed by atoms with Crippen LogP contribution < -0.4 is 10.1 Å². The second-order valence-corrected chi connectivity index (χ2v) is 8.22. The summed E-state index contributed by atoms with van der Waals surface area (Å²) in [6.07, 6.45) is 5.71. The fraction of sp³-hybridized carbons (Fsp3) is 0.684. The Balaban J connectivity index is 1.45. The molecule has 3 nitrogen and oxygen atoms in total. The van der Waals surface area contributed by atoms with Gasteiger partial charge in [-0.25, -0.2) is 0 Å². The number of fused-ring (bicyclic) bond motifs is 1. The SMILES string of the molecule is CC[C@H](N[C@@H]1CCO[C@@]2(CCSC2)C1)c1ccc2c(c1)CCO2. The van der Waals surface area contributed by atoms with Crippen molar-refractivity contribution in [2.45, 2.75) is 56.7 Å². The van der Waals surface area contributed by atoms with Gasteiger partial charge in [0, 0.05) is 30.9 Å². The maximum atomic E-state index is 6.16. The number of rotatable bonds is 4. The Morgan fingerprint density at radius 1 is 1.39 bits per heavy atom. The summed E-state index contributed by atoms with van der Waals surface area (Å²) in [5.74, 6) is 3.52. The molecule has 3 aliphatic rings. The predicted octanol–water partition coefficient (Wildman–Crippen LogP) is 3.72. The molecule has 2 fully saturated rings. The Hall–Kier alpha value is -0.710. The molecule has 1 spiro atoms. The smallest absolute Gasteiger partial charge is 0.122 e. The average molecular weight is 333 g/mol. The fourth-order valence-corrected chi connectivity index (χ4v) is 5.57. The van der Waals surface area contributed by atoms with E-state index in [1.807, 2.05) is 11.8 Å². The van der Waals surface area contributed by atoms with Crippen LogP contribution in [0.5, 0.6) is 5.75 Å². The molecule has 23 heavy (non-hydrogen) atoms. The molecule has 126 valence electrons. The molecule has 4 rings (SSSR count). The standard InChI is InChI=1S/C19H27NO2S/c1-2-17(14-3-4-18-15(11-14)5-8-21-18)20-16-6-9-22-19(12-16)7-10-23-13-19/h3-4,11,16-17,20H,2,5-10,12-13H2,1H3/t16-,17+,19+/m1/s1. The van der Waals surface area contributed by atoms with Crippen LogP contribution in [0.2, 0.25) is 0 Å². The first-order valence-corrected chi connectivity index (χ1v) is 10.2. The molecule has 3 heterocycles. The van der Waals surface area contributed by atoms with Crippen molar-refractivity contribution in [3.8, 4) is 5.75 Å². The molecule has 0 aromatic heterocycles. The molecule has 0 unspecified atom stereocenters. The first-order chi connectivity index (χ1) is 11.3. The molecule has 1 N–H and O–H groups in total. The average Bonchev–Trinajstić information content (AvgIpc) is 3.21. The molecule has 1 aromatic rings. The number of nitrogens with one attached hydrogen (secondary N) is 1. The van der Waals surface area contributed by atoms with E-state index in [4.69, 9.17) is 9.47 Å². The lowest BCUT2D eigenvalue weighted by Gasteiger charge is -2.39. The number of hydrogen-bond donors (Lipinski definition) is 1. The first-order valence-electron chi connectivity index (χ1n) is 9.01. The Kier molecular flexibility index (Phi) is 4.57. The summed E-state index contributed by atoms with van der Waals surface area (Å²) >= 11 is 2.05. The third-order valence-corrected chi connectivity index (χ3v) is 6.74. The second-order valence-electron chi connectivity index (χ2n) is 7.12. The zero-order chi connectivity index (χ0) is 15.7. The minimum Gasteiger partial charge on any atom is -0.493 e. The van der Waals surface area contributed by atoms with Gasteiger partial charge in [-0.05, 0) is 48.6 Å². The van der Waals surface area contributed by atoms with E-state index in [0.717, 1.165) is 38.2 Å². The Bertz CT molecular complexity index is 556. The van der Waals surface area contributed by atoms with Crippen LogP contribution in [0, 0.1) is 0 Å². The predicted molar refractivity (Wildman–Crippen MR) is 95.5 cm³/mol. The second kappa shape index (κ2) is 6.66. The minimum atomic E-state index is 0.157. The Labute approximate surface area is 143 Å². The Morgan fingerprint density at radius 3 is 3.17 bits per heavy atom. The molecule has 0 radical (unpaired) electrons. The maximum Gasteiger partial charge on any atom is 0.122 e. The van der Waals surface area contributed by atoms with Gasteiger partial charge in [0.05, 0.1) is 12.2 Å². The van der Waals surface area contributed by atoms with Crippen molar-refractivity contribution in [3.63, 3.8) is 0 Å². The van der Waals surface area contributed by atoms with Crippen LogP contribution >= 0.6 is 11.8 Å². The zero-order valence-corrected chi connectivity index (χ0v) is 14.8. The summed E-state index contributed by atoms with van der Waals surface area (Å²) in [6, 6.07) is 7.77. The summed E-state index contributed by atoms with van der Waals surface area (Å²) in [5, 5.41) is 3.93. The summed E-state index contributed by atoms with van der Waals surface area (Å²) in [5.41, 5.74) is 2.95. The van der Waals surface area contributed by atoms with E-state index in [9.17, 15) is 0 Å². The zero-order valence-electron chi connectivity index (χ0n) is 14.0. The van der Waals surface area contributed by atoms with Crippen LogP contribution in [0.15, 0.2) is 18.2 Å². The number of hydrogen-bond acceptors (Lipinski definition) is 4. The fourth-order valence-electron chi connectivity index (χ4n) is 4.19. The highest BCUT2D eigenvalue weighted by atomic mass is 32.2. The first kappa shape index (κ1) is 15.8. The van der Waals surface area contributed by atoms with Crippen molar-refractivity contribution < 1.29 is 9.47 Å². The van der Waals surface area contributed by atoms with Crippen molar-refractivity contribution in [1.29, 1.82) is 0 Å². The highest BCUT2D eigenvalue weighted by Gasteiger charge is 2.40. The van der Waals surface area contributed by atoms with Gasteiger partial charge < -0.3 is 14.8 Å². The van der Waals surface area contributed by atoms with Crippen molar-refractivity contribution in [2.24, 2.45) is 0 Å². The third kappa shape index (κ3) is 3.26. The normalized spacial score (nSPS) is 31.1. The van der Waals surface area contributed by atoms with Crippen LogP contribution in [-0.4, -0.2) is 36.4 Å². The molecule has 2 saturated heterocycles. The lowest BCUT2D eigenvalue weighted by atomic mass is 9.88. The Morgan fingerprint density at radius 2 is 2.35 bits per heavy atom. The van der Waals surface area contributed by atoms with E-state index >= 15 is 0 Å². The summed E-state index contributed by atoms with van der Waals surface area (Å²) in [7, 11) is 0. The largest absolute Gasteiger partial charge is 0.493 e. The number of thioether (sulfide) groups is 1. The summed E-state index contributed by atoms with van der Waals surface area (Å²) in [6.45, 7) is 4.03. The highest BCUT2D eigenvalue weighted by molar-refractivity contribution is 7.99. The third-order valence-electron chi connectivity index (χ3n) is 5.52. The van der Waals surface area contributed by atoms with Crippen LogP contribution in [-0.2, 0) is 11.2 Å². The van der Waals surface area contributed by atoms with E-state index in [2.05, 4.69) is 30.4 Å². The van der Waals surface area contributed by atoms with Gasteiger partial charge in [0.2, 0.25) is 0 Å². The minimum absolute atomic E-state index is 0.157. The van der Waals surface area contributed by atoms with Gasteiger partial charge >= 0.3 is 0 Å². The molecular weight excluding hydrogens is 306 g/mol. The van der Waals surface area contributed by atoms with E-state index in [-0.39, 0.29) is 5.60 Å². The molecule has 3 atom stereocenters. The lowest BCUT2D eigenvalue weighted by molar-refractivity contribution is -0.0714. The molecule has 0 amide bonds. The molecule has 0 saturated carbocycles. The topological polar surface area (TPSA) is 30.5 Å². The number of ether oxygens (including phenoxy) is 2. The summed E-state index contributed by atoms with van der Waals surface area (Å²) < 4.78 is 11.8. The van der Waals surface area contributed by atoms with Crippen LogP contribution in [0.1, 0.15) is 49.8 Å². The van der Waals surface area contributed by atoms with Crippen LogP contribution in [0.3, 0.4) is 0 Å². The van der Waals surface area contributed by atoms with Gasteiger partial charge in [0.15, 0.2) is 0 Å². The van der Waals surface area contributed by atoms with Crippen molar-refractivity contribution in [3.05, 3.63) is 29.3 Å². The molecule has 0 bridgehead atoms. The van der Waals surface area contributed by atoms with Gasteiger partial charge in [0.1, 0.15) is 5.75 Å². The summed E-state index contributed by atoms with van der Waals surface area (Å²) in [4.78, 5) is 0. The van der Waals surface area contributed by atoms with Crippen LogP contribution in [0.4, 0.5) is 0 Å². The molecule has 3 aliphatic heterocycles. The van der Waals surface area contributed by atoms with Crippen LogP contribution in [0.25, 0.3) is 0 Å². The lowest BCUT2D eigenvalue weighted by Crippen LogP contribution is -2.48. The van der Waals surface area contributed by atoms with Gasteiger partial charge in [-0.3, -0.25) is 0 Å². The highest BCUT2D eigenvalue weighted by Crippen LogP contribution is 2.39. The van der Waals surface area contributed by atoms with Gasteiger partial charge in [-0.15, -0.1) is 0 Å². The van der Waals surface area contributed by atoms with E-state index < -0.39 is 0 Å². The maximum absolute atomic E-state index is 6.16. The molecular formula is C19H27NO2S. The quantitative estimate of drug-likeness (QED) is 0.910. The molecule has 1 aromatic carbocycles. The van der Waals surface area contributed by atoms with E-state index in [0.29, 0.717) is 12.1 Å². The van der Waals surface area contributed by atoms with Gasteiger partial charge in [-0.2, -0.15) is 11.8 Å². The molecule has 4 heteroatoms. The molecule has 0 aliphatic carbocycles. The van der Waals surface area contributed by atoms with Gasteiger partial charge in [-0.1, -0.05) is 19.1 Å². The number of benzene rings is 1.